The number of fused-ring (bicyclic) bond motifs is 1. The van der Waals surface area contributed by atoms with Gasteiger partial charge in [0.05, 0.1) is 0 Å². The molecule has 2 aromatic heterocycles. The molecule has 3 aromatic rings. The van der Waals surface area contributed by atoms with Gasteiger partial charge in [-0.2, -0.15) is 0 Å². The first-order chi connectivity index (χ1) is 9.66. The third-order valence-electron chi connectivity index (χ3n) is 2.96. The summed E-state index contributed by atoms with van der Waals surface area (Å²) in [5.41, 5.74) is 6.79. The summed E-state index contributed by atoms with van der Waals surface area (Å²) in [6.45, 7) is 0. The Labute approximate surface area is 114 Å². The van der Waals surface area contributed by atoms with Gasteiger partial charge in [-0.15, -0.1) is 0 Å². The Hall–Kier alpha value is -2.89. The largest absolute Gasteiger partial charge is 0.432 e. The number of ether oxygens (including phenoxy) is 1. The fourth-order valence-electron chi connectivity index (χ4n) is 1.90. The number of anilines is 1. The third kappa shape index (κ3) is 1.97. The minimum atomic E-state index is -0.312. The number of aryl methyl sites for hydroxylation is 1. The number of rotatable bonds is 2. The molecule has 0 bridgehead atoms. The maximum absolute atomic E-state index is 11.9. The number of hydrogen-bond acceptors (Lipinski definition) is 5. The molecule has 0 aliphatic rings. The van der Waals surface area contributed by atoms with Crippen molar-refractivity contribution in [1.82, 2.24) is 14.5 Å². The highest BCUT2D eigenvalue weighted by molar-refractivity contribution is 5.94. The highest BCUT2D eigenvalue weighted by Crippen LogP contribution is 2.29. The molecular weight excluding hydrogens is 256 g/mol. The molecule has 0 spiro atoms. The van der Waals surface area contributed by atoms with Crippen LogP contribution < -0.4 is 16.0 Å². The lowest BCUT2D eigenvalue weighted by Crippen LogP contribution is -2.18. The van der Waals surface area contributed by atoms with E-state index in [9.17, 15) is 4.79 Å². The van der Waals surface area contributed by atoms with Crippen molar-refractivity contribution in [3.8, 4) is 11.6 Å². The Balaban J connectivity index is 2.14. The van der Waals surface area contributed by atoms with E-state index in [1.54, 1.807) is 37.6 Å². The molecule has 0 aliphatic carbocycles. The Morgan fingerprint density at radius 2 is 2.05 bits per heavy atom. The van der Waals surface area contributed by atoms with Gasteiger partial charge in [0.2, 0.25) is 0 Å². The van der Waals surface area contributed by atoms with Crippen LogP contribution in [0.3, 0.4) is 0 Å². The monoisotopic (exact) mass is 268 g/mol. The first-order valence-electron chi connectivity index (χ1n) is 5.99. The fraction of sp³-hybridized carbons (Fsp3) is 0.0714. The number of aromatic nitrogens is 3. The molecule has 2 N–H and O–H groups in total. The van der Waals surface area contributed by atoms with Crippen molar-refractivity contribution in [1.29, 1.82) is 0 Å². The number of nitrogen functional groups attached to an aromatic ring is 1. The molecule has 0 saturated heterocycles. The number of benzene rings is 1. The number of nitrogens with two attached hydrogens (primary N) is 1. The summed E-state index contributed by atoms with van der Waals surface area (Å²) < 4.78 is 6.99. The van der Waals surface area contributed by atoms with Crippen LogP contribution in [0, 0.1) is 0 Å². The van der Waals surface area contributed by atoms with Crippen molar-refractivity contribution in [3.05, 3.63) is 53.2 Å². The van der Waals surface area contributed by atoms with Crippen LogP contribution in [0.1, 0.15) is 0 Å². The Kier molecular flexibility index (Phi) is 2.83. The van der Waals surface area contributed by atoms with Crippen LogP contribution in [0.5, 0.6) is 11.6 Å². The maximum atomic E-state index is 11.9. The summed E-state index contributed by atoms with van der Waals surface area (Å²) in [7, 11) is 1.64. The zero-order chi connectivity index (χ0) is 14.1. The topological polar surface area (TPSA) is 83.0 Å². The van der Waals surface area contributed by atoms with E-state index in [0.29, 0.717) is 17.0 Å². The van der Waals surface area contributed by atoms with Gasteiger partial charge < -0.3 is 15.0 Å². The second-order valence-corrected chi connectivity index (χ2v) is 4.30. The number of pyridine rings is 1. The predicted octanol–water partition coefficient (Wildman–Crippen LogP) is 1.70. The second kappa shape index (κ2) is 4.65. The molecule has 0 saturated carbocycles. The Morgan fingerprint density at radius 1 is 1.20 bits per heavy atom. The van der Waals surface area contributed by atoms with Crippen molar-refractivity contribution in [3.63, 3.8) is 0 Å². The summed E-state index contributed by atoms with van der Waals surface area (Å²) >= 11 is 0. The highest BCUT2D eigenvalue weighted by Gasteiger charge is 2.10. The average molecular weight is 268 g/mol. The molecular formula is C14H12N4O2. The van der Waals surface area contributed by atoms with Gasteiger partial charge in [-0.05, 0) is 24.3 Å². The molecule has 100 valence electrons. The van der Waals surface area contributed by atoms with E-state index in [2.05, 4.69) is 9.97 Å². The first-order valence-corrected chi connectivity index (χ1v) is 5.99. The van der Waals surface area contributed by atoms with Crippen LogP contribution in [0.15, 0.2) is 47.7 Å². The molecule has 0 unspecified atom stereocenters. The van der Waals surface area contributed by atoms with Gasteiger partial charge in [0, 0.05) is 36.7 Å². The van der Waals surface area contributed by atoms with Crippen LogP contribution in [0.25, 0.3) is 10.9 Å². The van der Waals surface area contributed by atoms with E-state index >= 15 is 0 Å². The summed E-state index contributed by atoms with van der Waals surface area (Å²) in [6, 6.07) is 7.04. The predicted molar refractivity (Wildman–Crippen MR) is 75.7 cm³/mol. The molecule has 1 aromatic carbocycles. The third-order valence-corrected chi connectivity index (χ3v) is 2.96. The van der Waals surface area contributed by atoms with Gasteiger partial charge in [0.25, 0.3) is 5.88 Å². The first kappa shape index (κ1) is 12.2. The van der Waals surface area contributed by atoms with Crippen molar-refractivity contribution in [2.75, 3.05) is 5.73 Å². The molecule has 2 heterocycles. The number of hydrogen-bond donors (Lipinski definition) is 1. The number of nitrogens with zero attached hydrogens (tertiary/aromatic N) is 3. The maximum Gasteiger partial charge on any atom is 0.313 e. The smallest absolute Gasteiger partial charge is 0.313 e. The van der Waals surface area contributed by atoms with Crippen molar-refractivity contribution >= 4 is 16.6 Å². The molecule has 0 radical (unpaired) electrons. The van der Waals surface area contributed by atoms with E-state index in [0.717, 1.165) is 5.39 Å². The Morgan fingerprint density at radius 3 is 2.90 bits per heavy atom. The molecule has 0 atom stereocenters. The van der Waals surface area contributed by atoms with Crippen LogP contribution in [0.2, 0.25) is 0 Å². The summed E-state index contributed by atoms with van der Waals surface area (Å²) in [5, 5.41) is 0.776. The van der Waals surface area contributed by atoms with E-state index in [1.807, 2.05) is 6.07 Å². The average Bonchev–Trinajstić information content (AvgIpc) is 2.47. The van der Waals surface area contributed by atoms with Gasteiger partial charge in [-0.1, -0.05) is 0 Å². The van der Waals surface area contributed by atoms with E-state index in [1.165, 1.54) is 10.8 Å². The van der Waals surface area contributed by atoms with Gasteiger partial charge in [-0.25, -0.2) is 4.98 Å². The molecule has 0 aliphatic heterocycles. The van der Waals surface area contributed by atoms with Crippen molar-refractivity contribution < 1.29 is 4.74 Å². The normalized spacial score (nSPS) is 10.7. The quantitative estimate of drug-likeness (QED) is 0.715. The molecule has 6 heteroatoms. The van der Waals surface area contributed by atoms with Gasteiger partial charge in [-0.3, -0.25) is 9.78 Å². The van der Waals surface area contributed by atoms with Crippen LogP contribution in [-0.2, 0) is 7.05 Å². The second-order valence-electron chi connectivity index (χ2n) is 4.30. The lowest BCUT2D eigenvalue weighted by molar-refractivity contribution is 0.452. The minimum Gasteiger partial charge on any atom is -0.432 e. The Bertz CT molecular complexity index is 842. The molecule has 0 fully saturated rings. The molecule has 20 heavy (non-hydrogen) atoms. The lowest BCUT2D eigenvalue weighted by atomic mass is 10.2. The molecule has 6 nitrogen and oxygen atoms in total. The zero-order valence-corrected chi connectivity index (χ0v) is 10.8. The van der Waals surface area contributed by atoms with Crippen LogP contribution in [0.4, 0.5) is 5.69 Å². The molecule has 3 rings (SSSR count). The molecule has 0 amide bonds. The minimum absolute atomic E-state index is 0.00623. The van der Waals surface area contributed by atoms with Crippen molar-refractivity contribution in [2.45, 2.75) is 0 Å². The summed E-state index contributed by atoms with van der Waals surface area (Å²) in [6.07, 6.45) is 4.71. The zero-order valence-electron chi connectivity index (χ0n) is 10.8. The summed E-state index contributed by atoms with van der Waals surface area (Å²) in [4.78, 5) is 20.1. The van der Waals surface area contributed by atoms with Crippen LogP contribution in [-0.4, -0.2) is 14.5 Å². The lowest BCUT2D eigenvalue weighted by Gasteiger charge is -2.09. The van der Waals surface area contributed by atoms with E-state index in [4.69, 9.17) is 10.5 Å². The highest BCUT2D eigenvalue weighted by atomic mass is 16.5. The SMILES string of the molecule is Cn1ccnc(Oc2ccc(N)c3cccnc23)c1=O. The van der Waals surface area contributed by atoms with Gasteiger partial charge in [0.1, 0.15) is 5.52 Å². The van der Waals surface area contributed by atoms with Gasteiger partial charge >= 0.3 is 5.56 Å². The van der Waals surface area contributed by atoms with Crippen molar-refractivity contribution in [2.24, 2.45) is 7.05 Å². The van der Waals surface area contributed by atoms with E-state index in [-0.39, 0.29) is 11.4 Å². The summed E-state index contributed by atoms with van der Waals surface area (Å²) in [5.74, 6) is 0.456. The van der Waals surface area contributed by atoms with E-state index < -0.39 is 0 Å². The fourth-order valence-corrected chi connectivity index (χ4v) is 1.90. The van der Waals surface area contributed by atoms with Gasteiger partial charge in [0.15, 0.2) is 5.75 Å². The standard InChI is InChI=1S/C14H12N4O2/c1-18-8-7-17-13(14(18)19)20-11-5-4-10(15)9-3-2-6-16-12(9)11/h2-8H,15H2,1H3. The van der Waals surface area contributed by atoms with Crippen LogP contribution >= 0.6 is 0 Å².